The fourth-order valence-electron chi connectivity index (χ4n) is 2.87. The first kappa shape index (κ1) is 14.5. The smallest absolute Gasteiger partial charge is 0.0705 e. The molecule has 0 atom stereocenters. The zero-order valence-corrected chi connectivity index (χ0v) is 13.3. The van der Waals surface area contributed by atoms with E-state index < -0.39 is 0 Å². The Hall–Kier alpha value is -1.45. The van der Waals surface area contributed by atoms with E-state index in [9.17, 15) is 0 Å². The van der Waals surface area contributed by atoms with E-state index in [0.29, 0.717) is 5.92 Å². The fraction of sp³-hybridized carbons (Fsp3) is 0.500. The predicted molar refractivity (Wildman–Crippen MR) is 88.6 cm³/mol. The maximum Gasteiger partial charge on any atom is 0.0705 e. The average molecular weight is 283 g/mol. The molecule has 3 heteroatoms. The first-order valence-corrected chi connectivity index (χ1v) is 7.92. The molecule has 1 aromatic carbocycles. The monoisotopic (exact) mass is 283 g/mol. The standard InChI is InChI=1S/C18H25N3/c1-14(2)17-7-5-16-12-15(4-6-18(16)19-17)13-21-10-8-20(3)9-11-21/h4-7,12,14H,8-11,13H2,1-3H3. The van der Waals surface area contributed by atoms with Crippen molar-refractivity contribution < 1.29 is 0 Å². The minimum absolute atomic E-state index is 0.486. The minimum atomic E-state index is 0.486. The van der Waals surface area contributed by atoms with E-state index in [-0.39, 0.29) is 0 Å². The highest BCUT2D eigenvalue weighted by atomic mass is 15.2. The summed E-state index contributed by atoms with van der Waals surface area (Å²) in [6.07, 6.45) is 0. The summed E-state index contributed by atoms with van der Waals surface area (Å²) >= 11 is 0. The van der Waals surface area contributed by atoms with Crippen molar-refractivity contribution >= 4 is 10.9 Å². The van der Waals surface area contributed by atoms with Gasteiger partial charge in [0, 0.05) is 43.8 Å². The summed E-state index contributed by atoms with van der Waals surface area (Å²) in [5, 5.41) is 1.26. The van der Waals surface area contributed by atoms with Crippen LogP contribution in [0.2, 0.25) is 0 Å². The lowest BCUT2D eigenvalue weighted by Gasteiger charge is -2.32. The number of nitrogens with zero attached hydrogens (tertiary/aromatic N) is 3. The summed E-state index contributed by atoms with van der Waals surface area (Å²) in [6, 6.07) is 11.1. The van der Waals surface area contributed by atoms with Crippen molar-refractivity contribution in [1.29, 1.82) is 0 Å². The quantitative estimate of drug-likeness (QED) is 0.863. The molecule has 3 nitrogen and oxygen atoms in total. The fourth-order valence-corrected chi connectivity index (χ4v) is 2.87. The second kappa shape index (κ2) is 6.12. The Bertz CT molecular complexity index is 613. The van der Waals surface area contributed by atoms with Crippen molar-refractivity contribution in [2.75, 3.05) is 33.2 Å². The Morgan fingerprint density at radius 2 is 1.81 bits per heavy atom. The summed E-state index contributed by atoms with van der Waals surface area (Å²) in [4.78, 5) is 9.69. The molecule has 1 aliphatic heterocycles. The summed E-state index contributed by atoms with van der Waals surface area (Å²) in [7, 11) is 2.20. The SMILES string of the molecule is CC(C)c1ccc2cc(CN3CCN(C)CC3)ccc2n1. The lowest BCUT2D eigenvalue weighted by Crippen LogP contribution is -2.43. The molecule has 1 aliphatic rings. The van der Waals surface area contributed by atoms with Crippen LogP contribution < -0.4 is 0 Å². The summed E-state index contributed by atoms with van der Waals surface area (Å²) in [5.41, 5.74) is 3.68. The van der Waals surface area contributed by atoms with Crippen LogP contribution in [0.15, 0.2) is 30.3 Å². The van der Waals surface area contributed by atoms with Crippen LogP contribution in [0.4, 0.5) is 0 Å². The first-order chi connectivity index (χ1) is 10.1. The normalized spacial score (nSPS) is 17.7. The van der Waals surface area contributed by atoms with Gasteiger partial charge in [-0.2, -0.15) is 0 Å². The van der Waals surface area contributed by atoms with Gasteiger partial charge in [0.1, 0.15) is 0 Å². The molecule has 112 valence electrons. The molecular weight excluding hydrogens is 258 g/mol. The van der Waals surface area contributed by atoms with Crippen LogP contribution in [0.25, 0.3) is 10.9 Å². The predicted octanol–water partition coefficient (Wildman–Crippen LogP) is 3.11. The van der Waals surface area contributed by atoms with Gasteiger partial charge in [0.2, 0.25) is 0 Å². The van der Waals surface area contributed by atoms with Gasteiger partial charge in [0.05, 0.1) is 5.52 Å². The molecule has 0 amide bonds. The molecule has 21 heavy (non-hydrogen) atoms. The van der Waals surface area contributed by atoms with Crippen LogP contribution in [0, 0.1) is 0 Å². The van der Waals surface area contributed by atoms with Crippen LogP contribution >= 0.6 is 0 Å². The van der Waals surface area contributed by atoms with Gasteiger partial charge >= 0.3 is 0 Å². The highest BCUT2D eigenvalue weighted by molar-refractivity contribution is 5.79. The number of likely N-dealkylation sites (N-methyl/N-ethyl adjacent to an activating group) is 1. The van der Waals surface area contributed by atoms with Gasteiger partial charge in [0.15, 0.2) is 0 Å². The third kappa shape index (κ3) is 3.42. The van der Waals surface area contributed by atoms with Crippen molar-refractivity contribution in [1.82, 2.24) is 14.8 Å². The largest absolute Gasteiger partial charge is 0.304 e. The molecular formula is C18H25N3. The molecule has 0 spiro atoms. The van der Waals surface area contributed by atoms with E-state index >= 15 is 0 Å². The number of piperazine rings is 1. The highest BCUT2D eigenvalue weighted by Crippen LogP contribution is 2.20. The van der Waals surface area contributed by atoms with Crippen molar-refractivity contribution in [3.8, 4) is 0 Å². The lowest BCUT2D eigenvalue weighted by molar-refractivity contribution is 0.148. The lowest BCUT2D eigenvalue weighted by atomic mass is 10.1. The summed E-state index contributed by atoms with van der Waals surface area (Å²) in [6.45, 7) is 10.1. The van der Waals surface area contributed by atoms with Crippen LogP contribution in [0.5, 0.6) is 0 Å². The molecule has 1 fully saturated rings. The van der Waals surface area contributed by atoms with Crippen molar-refractivity contribution in [2.24, 2.45) is 0 Å². The van der Waals surface area contributed by atoms with Crippen LogP contribution in [0.3, 0.4) is 0 Å². The molecule has 0 N–H and O–H groups in total. The molecule has 0 aliphatic carbocycles. The Kier molecular flexibility index (Phi) is 4.22. The van der Waals surface area contributed by atoms with Gasteiger partial charge in [0.25, 0.3) is 0 Å². The number of hydrogen-bond donors (Lipinski definition) is 0. The van der Waals surface area contributed by atoms with E-state index in [0.717, 1.165) is 12.1 Å². The maximum atomic E-state index is 4.75. The number of fused-ring (bicyclic) bond motifs is 1. The Labute approximate surface area is 127 Å². The zero-order chi connectivity index (χ0) is 14.8. The molecule has 0 saturated carbocycles. The highest BCUT2D eigenvalue weighted by Gasteiger charge is 2.14. The maximum absolute atomic E-state index is 4.75. The number of hydrogen-bond acceptors (Lipinski definition) is 3. The Morgan fingerprint density at radius 1 is 1.05 bits per heavy atom. The van der Waals surface area contributed by atoms with Crippen LogP contribution in [-0.2, 0) is 6.54 Å². The summed E-state index contributed by atoms with van der Waals surface area (Å²) in [5.74, 6) is 0.486. The van der Waals surface area contributed by atoms with Crippen LogP contribution in [0.1, 0.15) is 31.0 Å². The number of rotatable bonds is 3. The molecule has 0 bridgehead atoms. The molecule has 0 unspecified atom stereocenters. The molecule has 1 aromatic heterocycles. The number of pyridine rings is 1. The van der Waals surface area contributed by atoms with E-state index in [2.05, 4.69) is 61.0 Å². The van der Waals surface area contributed by atoms with Gasteiger partial charge in [-0.15, -0.1) is 0 Å². The topological polar surface area (TPSA) is 19.4 Å². The van der Waals surface area contributed by atoms with Gasteiger partial charge in [-0.25, -0.2) is 0 Å². The van der Waals surface area contributed by atoms with E-state index in [1.165, 1.54) is 42.8 Å². The molecule has 2 aromatic rings. The molecule has 1 saturated heterocycles. The second-order valence-electron chi connectivity index (χ2n) is 6.50. The molecule has 0 radical (unpaired) electrons. The third-order valence-corrected chi connectivity index (χ3v) is 4.37. The van der Waals surface area contributed by atoms with Gasteiger partial charge < -0.3 is 4.90 Å². The Morgan fingerprint density at radius 3 is 2.52 bits per heavy atom. The van der Waals surface area contributed by atoms with E-state index in [1.807, 2.05) is 0 Å². The Balaban J connectivity index is 1.76. The van der Waals surface area contributed by atoms with E-state index in [1.54, 1.807) is 0 Å². The van der Waals surface area contributed by atoms with Crippen molar-refractivity contribution in [3.63, 3.8) is 0 Å². The summed E-state index contributed by atoms with van der Waals surface area (Å²) < 4.78 is 0. The molecule has 2 heterocycles. The second-order valence-corrected chi connectivity index (χ2v) is 6.50. The average Bonchev–Trinajstić information content (AvgIpc) is 2.49. The molecule has 3 rings (SSSR count). The van der Waals surface area contributed by atoms with Gasteiger partial charge in [-0.05, 0) is 36.7 Å². The van der Waals surface area contributed by atoms with Crippen molar-refractivity contribution in [2.45, 2.75) is 26.3 Å². The third-order valence-electron chi connectivity index (χ3n) is 4.37. The van der Waals surface area contributed by atoms with Gasteiger partial charge in [-0.3, -0.25) is 9.88 Å². The number of aromatic nitrogens is 1. The van der Waals surface area contributed by atoms with Crippen molar-refractivity contribution in [3.05, 3.63) is 41.6 Å². The number of benzene rings is 1. The zero-order valence-electron chi connectivity index (χ0n) is 13.3. The van der Waals surface area contributed by atoms with E-state index in [4.69, 9.17) is 4.98 Å². The first-order valence-electron chi connectivity index (χ1n) is 7.92. The van der Waals surface area contributed by atoms with Gasteiger partial charge in [-0.1, -0.05) is 26.0 Å². The minimum Gasteiger partial charge on any atom is -0.304 e. The van der Waals surface area contributed by atoms with Crippen LogP contribution in [-0.4, -0.2) is 48.0 Å².